The molecule has 2 aliphatic heterocycles. The largest absolute Gasteiger partial charge is 0.342 e. The van der Waals surface area contributed by atoms with Gasteiger partial charge >= 0.3 is 0 Å². The monoisotopic (exact) mass is 441 g/mol. The first kappa shape index (κ1) is 22.3. The van der Waals surface area contributed by atoms with Gasteiger partial charge in [0.2, 0.25) is 11.9 Å². The van der Waals surface area contributed by atoms with Crippen LogP contribution in [-0.2, 0) is 14.6 Å². The van der Waals surface area contributed by atoms with Crippen LogP contribution in [0.15, 0.2) is 6.07 Å². The summed E-state index contributed by atoms with van der Waals surface area (Å²) >= 11 is 1.71. The Bertz CT molecular complexity index is 805. The molecule has 3 rings (SSSR count). The fourth-order valence-corrected chi connectivity index (χ4v) is 6.26. The Labute approximate surface area is 177 Å². The van der Waals surface area contributed by atoms with Crippen LogP contribution in [0.2, 0.25) is 0 Å². The van der Waals surface area contributed by atoms with Crippen molar-refractivity contribution < 1.29 is 13.2 Å². The Balaban J connectivity index is 1.61. The highest BCUT2D eigenvalue weighted by Crippen LogP contribution is 2.20. The van der Waals surface area contributed by atoms with Gasteiger partial charge in [-0.1, -0.05) is 0 Å². The van der Waals surface area contributed by atoms with E-state index < -0.39 is 9.84 Å². The highest BCUT2D eigenvalue weighted by molar-refractivity contribution is 7.98. The second-order valence-corrected chi connectivity index (χ2v) is 11.1. The van der Waals surface area contributed by atoms with E-state index in [4.69, 9.17) is 0 Å². The minimum Gasteiger partial charge on any atom is -0.342 e. The van der Waals surface area contributed by atoms with Gasteiger partial charge in [-0.3, -0.25) is 9.69 Å². The number of anilines is 1. The molecule has 10 heteroatoms. The van der Waals surface area contributed by atoms with Gasteiger partial charge in [0.25, 0.3) is 0 Å². The van der Waals surface area contributed by atoms with Crippen LogP contribution in [0.4, 0.5) is 5.95 Å². The molecule has 0 unspecified atom stereocenters. The number of carbonyl (C=O) groups excluding carboxylic acids is 1. The lowest BCUT2D eigenvalue weighted by Gasteiger charge is -2.39. The predicted molar refractivity (Wildman–Crippen MR) is 117 cm³/mol. The van der Waals surface area contributed by atoms with E-state index >= 15 is 0 Å². The summed E-state index contributed by atoms with van der Waals surface area (Å²) in [5.41, 5.74) is 1.74. The maximum Gasteiger partial charge on any atom is 0.245 e. The standard InChI is InChI=1S/C19H31N5O3S2/c1-14-12-15(2)21-19(20-14)22-17(4-10-28-3)18(25)24-8-6-23(7-9-24)16-5-11-29(26,27)13-16/h12,16-17H,4-11,13H2,1-3H3,(H,20,21,22)/t16-,17+/m0/s1. The normalized spacial score (nSPS) is 23.1. The summed E-state index contributed by atoms with van der Waals surface area (Å²) in [6.45, 7) is 6.53. The number of hydrogen-bond donors (Lipinski definition) is 1. The quantitative estimate of drug-likeness (QED) is 0.668. The van der Waals surface area contributed by atoms with E-state index in [1.807, 2.05) is 31.1 Å². The Hall–Kier alpha value is -1.39. The molecule has 0 radical (unpaired) electrons. The summed E-state index contributed by atoms with van der Waals surface area (Å²) in [6.07, 6.45) is 3.44. The molecule has 2 aliphatic rings. The van der Waals surface area contributed by atoms with Crippen LogP contribution >= 0.6 is 11.8 Å². The summed E-state index contributed by atoms with van der Waals surface area (Å²) in [4.78, 5) is 26.2. The highest BCUT2D eigenvalue weighted by Gasteiger charge is 2.35. The number of aryl methyl sites for hydroxylation is 2. The molecule has 0 aliphatic carbocycles. The summed E-state index contributed by atoms with van der Waals surface area (Å²) in [6, 6.07) is 1.65. The maximum absolute atomic E-state index is 13.2. The van der Waals surface area contributed by atoms with Crippen LogP contribution in [0.25, 0.3) is 0 Å². The summed E-state index contributed by atoms with van der Waals surface area (Å²) < 4.78 is 23.5. The first-order valence-electron chi connectivity index (χ1n) is 10.1. The van der Waals surface area contributed by atoms with Crippen LogP contribution in [0, 0.1) is 13.8 Å². The van der Waals surface area contributed by atoms with E-state index in [9.17, 15) is 13.2 Å². The Morgan fingerprint density at radius 3 is 2.45 bits per heavy atom. The lowest BCUT2D eigenvalue weighted by molar-refractivity contribution is -0.134. The van der Waals surface area contributed by atoms with Gasteiger partial charge in [0.05, 0.1) is 11.5 Å². The first-order valence-corrected chi connectivity index (χ1v) is 13.3. The zero-order valence-electron chi connectivity index (χ0n) is 17.4. The van der Waals surface area contributed by atoms with Crippen molar-refractivity contribution in [2.45, 2.75) is 38.8 Å². The van der Waals surface area contributed by atoms with Crippen LogP contribution < -0.4 is 5.32 Å². The van der Waals surface area contributed by atoms with Crippen molar-refractivity contribution >= 4 is 33.5 Å². The van der Waals surface area contributed by atoms with Gasteiger partial charge in [-0.15, -0.1) is 0 Å². The third-order valence-corrected chi connectivity index (χ3v) is 7.94. The smallest absolute Gasteiger partial charge is 0.245 e. The van der Waals surface area contributed by atoms with E-state index in [-0.39, 0.29) is 29.5 Å². The van der Waals surface area contributed by atoms with Gasteiger partial charge in [0.1, 0.15) is 6.04 Å². The molecule has 1 aromatic heterocycles. The molecule has 1 amide bonds. The molecular weight excluding hydrogens is 410 g/mol. The predicted octanol–water partition coefficient (Wildman–Crippen LogP) is 0.958. The van der Waals surface area contributed by atoms with Crippen LogP contribution in [0.5, 0.6) is 0 Å². The SMILES string of the molecule is CSCC[C@@H](Nc1nc(C)cc(C)n1)C(=O)N1CCN([C@H]2CCS(=O)(=O)C2)CC1. The number of nitrogens with one attached hydrogen (secondary N) is 1. The third kappa shape index (κ3) is 6.05. The van der Waals surface area contributed by atoms with E-state index in [1.54, 1.807) is 11.8 Å². The highest BCUT2D eigenvalue weighted by atomic mass is 32.2. The molecule has 0 bridgehead atoms. The zero-order chi connectivity index (χ0) is 21.0. The number of nitrogens with zero attached hydrogens (tertiary/aromatic N) is 4. The molecule has 0 saturated carbocycles. The van der Waals surface area contributed by atoms with Crippen molar-refractivity contribution in [2.75, 3.05) is 55.0 Å². The maximum atomic E-state index is 13.2. The number of piperazine rings is 1. The molecule has 2 fully saturated rings. The second-order valence-electron chi connectivity index (χ2n) is 7.87. The number of hydrogen-bond acceptors (Lipinski definition) is 8. The molecule has 0 spiro atoms. The van der Waals surface area contributed by atoms with E-state index in [1.165, 1.54) is 0 Å². The van der Waals surface area contributed by atoms with Gasteiger partial charge < -0.3 is 10.2 Å². The van der Waals surface area contributed by atoms with E-state index in [0.29, 0.717) is 31.9 Å². The topological polar surface area (TPSA) is 95.5 Å². The van der Waals surface area contributed by atoms with E-state index in [0.717, 1.165) is 30.2 Å². The molecule has 2 atom stereocenters. The number of amides is 1. The minimum atomic E-state index is -2.89. The Morgan fingerprint density at radius 2 is 1.90 bits per heavy atom. The molecule has 3 heterocycles. The van der Waals surface area contributed by atoms with Gasteiger partial charge in [-0.2, -0.15) is 11.8 Å². The Kier molecular flexibility index (Phi) is 7.39. The summed E-state index contributed by atoms with van der Waals surface area (Å²) in [5.74, 6) is 1.97. The van der Waals surface area contributed by atoms with Crippen molar-refractivity contribution in [3.8, 4) is 0 Å². The minimum absolute atomic E-state index is 0.0699. The lowest BCUT2D eigenvalue weighted by Crippen LogP contribution is -2.55. The summed E-state index contributed by atoms with van der Waals surface area (Å²) in [7, 11) is -2.89. The molecule has 1 N–H and O–H groups in total. The molecule has 0 aromatic carbocycles. The fourth-order valence-electron chi connectivity index (χ4n) is 4.03. The fraction of sp³-hybridized carbons (Fsp3) is 0.737. The van der Waals surface area contributed by atoms with Gasteiger partial charge in [0.15, 0.2) is 9.84 Å². The van der Waals surface area contributed by atoms with Crippen molar-refractivity contribution in [3.05, 3.63) is 17.5 Å². The average molecular weight is 442 g/mol. The van der Waals surface area contributed by atoms with Crippen molar-refractivity contribution in [1.29, 1.82) is 0 Å². The summed E-state index contributed by atoms with van der Waals surface area (Å²) in [5, 5.41) is 3.25. The van der Waals surface area contributed by atoms with Gasteiger partial charge in [0, 0.05) is 43.6 Å². The van der Waals surface area contributed by atoms with Gasteiger partial charge in [-0.25, -0.2) is 18.4 Å². The second kappa shape index (κ2) is 9.61. The molecule has 162 valence electrons. The van der Waals surface area contributed by atoms with Crippen molar-refractivity contribution in [2.24, 2.45) is 0 Å². The molecule has 8 nitrogen and oxygen atoms in total. The Morgan fingerprint density at radius 1 is 1.24 bits per heavy atom. The molecule has 29 heavy (non-hydrogen) atoms. The number of rotatable bonds is 7. The first-order chi connectivity index (χ1) is 13.8. The third-order valence-electron chi connectivity index (χ3n) is 5.55. The number of carbonyl (C=O) groups is 1. The zero-order valence-corrected chi connectivity index (χ0v) is 19.1. The van der Waals surface area contributed by atoms with Crippen molar-refractivity contribution in [3.63, 3.8) is 0 Å². The number of thioether (sulfide) groups is 1. The van der Waals surface area contributed by atoms with E-state index in [2.05, 4.69) is 20.2 Å². The number of aromatic nitrogens is 2. The van der Waals surface area contributed by atoms with Gasteiger partial charge in [-0.05, 0) is 44.8 Å². The average Bonchev–Trinajstić information content (AvgIpc) is 3.03. The molecule has 2 saturated heterocycles. The molecular formula is C19H31N5O3S2. The lowest BCUT2D eigenvalue weighted by atomic mass is 10.1. The van der Waals surface area contributed by atoms with Crippen LogP contribution in [-0.4, -0.2) is 95.9 Å². The molecule has 1 aromatic rings. The van der Waals surface area contributed by atoms with Crippen LogP contribution in [0.1, 0.15) is 24.2 Å². The van der Waals surface area contributed by atoms with Crippen molar-refractivity contribution in [1.82, 2.24) is 19.8 Å². The van der Waals surface area contributed by atoms with Crippen LogP contribution in [0.3, 0.4) is 0 Å². The number of sulfone groups is 1.